The second-order valence-electron chi connectivity index (χ2n) is 4.65. The molecular weight excluding hydrogens is 316 g/mol. The van der Waals surface area contributed by atoms with Crippen LogP contribution in [0.2, 0.25) is 0 Å². The van der Waals surface area contributed by atoms with Crippen molar-refractivity contribution >= 4 is 39.0 Å². The number of halogens is 1. The van der Waals surface area contributed by atoms with Gasteiger partial charge in [0.05, 0.1) is 6.04 Å². The SMILES string of the molecule is CC1CN(C(c2cc(Br)cs2)C(C)N)CCS1. The molecular formula is C12H19BrN2S2. The van der Waals surface area contributed by atoms with Crippen LogP contribution in [-0.2, 0) is 0 Å². The Hall–Kier alpha value is 0.450. The topological polar surface area (TPSA) is 29.3 Å². The quantitative estimate of drug-likeness (QED) is 0.919. The van der Waals surface area contributed by atoms with E-state index in [2.05, 4.69) is 57.9 Å². The minimum Gasteiger partial charge on any atom is -0.326 e. The van der Waals surface area contributed by atoms with E-state index >= 15 is 0 Å². The second-order valence-corrected chi connectivity index (χ2v) is 8.05. The van der Waals surface area contributed by atoms with Crippen LogP contribution in [0, 0.1) is 0 Å². The number of nitrogens with zero attached hydrogens (tertiary/aromatic N) is 1. The summed E-state index contributed by atoms with van der Waals surface area (Å²) in [6.07, 6.45) is 0. The predicted octanol–water partition coefficient (Wildman–Crippen LogP) is 3.34. The van der Waals surface area contributed by atoms with Gasteiger partial charge in [-0.05, 0) is 28.9 Å². The minimum atomic E-state index is 0.177. The van der Waals surface area contributed by atoms with Crippen LogP contribution in [0.4, 0.5) is 0 Å². The molecule has 1 saturated heterocycles. The monoisotopic (exact) mass is 334 g/mol. The minimum absolute atomic E-state index is 0.177. The fourth-order valence-corrected chi connectivity index (χ4v) is 5.09. The van der Waals surface area contributed by atoms with Gasteiger partial charge in [-0.15, -0.1) is 11.3 Å². The highest BCUT2D eigenvalue weighted by Gasteiger charge is 2.28. The maximum Gasteiger partial charge on any atom is 0.0591 e. The first-order chi connectivity index (χ1) is 8.08. The lowest BCUT2D eigenvalue weighted by Crippen LogP contribution is -2.45. The standard InChI is InChI=1S/C12H19BrN2S2/c1-8-6-15(3-4-16-8)12(9(2)14)11-5-10(13)7-17-11/h5,7-9,12H,3-4,6,14H2,1-2H3. The van der Waals surface area contributed by atoms with Gasteiger partial charge >= 0.3 is 0 Å². The predicted molar refractivity (Wildman–Crippen MR) is 81.9 cm³/mol. The van der Waals surface area contributed by atoms with E-state index in [-0.39, 0.29) is 6.04 Å². The summed E-state index contributed by atoms with van der Waals surface area (Å²) in [7, 11) is 0. The van der Waals surface area contributed by atoms with Crippen molar-refractivity contribution in [2.75, 3.05) is 18.8 Å². The third kappa shape index (κ3) is 3.47. The number of thiophene rings is 1. The highest BCUT2D eigenvalue weighted by atomic mass is 79.9. The van der Waals surface area contributed by atoms with Gasteiger partial charge in [0, 0.05) is 44.9 Å². The Kier molecular flexibility index (Phi) is 4.95. The molecule has 2 N–H and O–H groups in total. The molecule has 0 bridgehead atoms. The summed E-state index contributed by atoms with van der Waals surface area (Å²) >= 11 is 7.40. The smallest absolute Gasteiger partial charge is 0.0591 e. The summed E-state index contributed by atoms with van der Waals surface area (Å²) in [4.78, 5) is 3.93. The first kappa shape index (κ1) is 13.9. The molecule has 1 aromatic heterocycles. The summed E-state index contributed by atoms with van der Waals surface area (Å²) in [5.74, 6) is 1.22. The summed E-state index contributed by atoms with van der Waals surface area (Å²) in [5, 5.41) is 2.86. The fourth-order valence-electron chi connectivity index (χ4n) is 2.35. The molecule has 2 nitrogen and oxygen atoms in total. The van der Waals surface area contributed by atoms with Crippen molar-refractivity contribution in [1.29, 1.82) is 0 Å². The van der Waals surface area contributed by atoms with E-state index in [1.165, 1.54) is 15.1 Å². The molecule has 1 aliphatic rings. The Bertz CT molecular complexity index is 367. The van der Waals surface area contributed by atoms with Crippen LogP contribution in [0.3, 0.4) is 0 Å². The van der Waals surface area contributed by atoms with E-state index < -0.39 is 0 Å². The van der Waals surface area contributed by atoms with Crippen LogP contribution >= 0.6 is 39.0 Å². The zero-order chi connectivity index (χ0) is 12.4. The highest BCUT2D eigenvalue weighted by molar-refractivity contribution is 9.10. The molecule has 1 aromatic rings. The molecule has 2 rings (SSSR count). The van der Waals surface area contributed by atoms with Gasteiger partial charge in [-0.3, -0.25) is 4.90 Å². The average Bonchev–Trinajstić information content (AvgIpc) is 2.64. The molecule has 3 atom stereocenters. The molecule has 0 saturated carbocycles. The summed E-state index contributed by atoms with van der Waals surface area (Å²) in [6.45, 7) is 6.72. The van der Waals surface area contributed by atoms with Crippen LogP contribution < -0.4 is 5.73 Å². The number of hydrogen-bond acceptors (Lipinski definition) is 4. The van der Waals surface area contributed by atoms with Gasteiger partial charge in [-0.2, -0.15) is 11.8 Å². The lowest BCUT2D eigenvalue weighted by atomic mass is 10.1. The Morgan fingerprint density at radius 3 is 2.88 bits per heavy atom. The van der Waals surface area contributed by atoms with E-state index in [1.807, 2.05) is 0 Å². The summed E-state index contributed by atoms with van der Waals surface area (Å²) in [5.41, 5.74) is 6.20. The first-order valence-corrected chi connectivity index (χ1v) is 8.65. The lowest BCUT2D eigenvalue weighted by Gasteiger charge is -2.38. The Morgan fingerprint density at radius 1 is 1.59 bits per heavy atom. The van der Waals surface area contributed by atoms with E-state index in [1.54, 1.807) is 11.3 Å². The number of hydrogen-bond donors (Lipinski definition) is 1. The van der Waals surface area contributed by atoms with Crippen LogP contribution in [0.25, 0.3) is 0 Å². The Morgan fingerprint density at radius 2 is 2.35 bits per heavy atom. The zero-order valence-corrected chi connectivity index (χ0v) is 13.4. The molecule has 0 spiro atoms. The van der Waals surface area contributed by atoms with Crippen molar-refractivity contribution in [2.45, 2.75) is 31.2 Å². The summed E-state index contributed by atoms with van der Waals surface area (Å²) in [6, 6.07) is 2.76. The molecule has 96 valence electrons. The van der Waals surface area contributed by atoms with Gasteiger partial charge in [-0.1, -0.05) is 6.92 Å². The third-order valence-electron chi connectivity index (χ3n) is 3.04. The van der Waals surface area contributed by atoms with Gasteiger partial charge < -0.3 is 5.73 Å². The lowest BCUT2D eigenvalue weighted by molar-refractivity contribution is 0.187. The average molecular weight is 335 g/mol. The maximum absolute atomic E-state index is 6.20. The van der Waals surface area contributed by atoms with Crippen LogP contribution in [0.5, 0.6) is 0 Å². The Labute approximate surface area is 120 Å². The molecule has 0 aromatic carbocycles. The number of nitrogens with two attached hydrogens (primary N) is 1. The van der Waals surface area contributed by atoms with E-state index in [0.717, 1.165) is 13.1 Å². The zero-order valence-electron chi connectivity index (χ0n) is 10.2. The molecule has 5 heteroatoms. The molecule has 1 aliphatic heterocycles. The van der Waals surface area contributed by atoms with Gasteiger partial charge in [0.15, 0.2) is 0 Å². The maximum atomic E-state index is 6.20. The van der Waals surface area contributed by atoms with Crippen LogP contribution in [0.1, 0.15) is 24.8 Å². The van der Waals surface area contributed by atoms with Crippen molar-refractivity contribution in [3.05, 3.63) is 20.8 Å². The van der Waals surface area contributed by atoms with Gasteiger partial charge in [0.2, 0.25) is 0 Å². The molecule has 2 heterocycles. The number of rotatable bonds is 3. The molecule has 1 fully saturated rings. The highest BCUT2D eigenvalue weighted by Crippen LogP contribution is 2.33. The van der Waals surface area contributed by atoms with E-state index in [9.17, 15) is 0 Å². The molecule has 3 unspecified atom stereocenters. The molecule has 0 radical (unpaired) electrons. The fraction of sp³-hybridized carbons (Fsp3) is 0.667. The third-order valence-corrected chi connectivity index (χ3v) is 5.94. The van der Waals surface area contributed by atoms with Gasteiger partial charge in [0.1, 0.15) is 0 Å². The molecule has 0 aliphatic carbocycles. The number of thioether (sulfide) groups is 1. The summed E-state index contributed by atoms with van der Waals surface area (Å²) < 4.78 is 1.17. The van der Waals surface area contributed by atoms with Gasteiger partial charge in [0.25, 0.3) is 0 Å². The van der Waals surface area contributed by atoms with Crippen molar-refractivity contribution < 1.29 is 0 Å². The second kappa shape index (κ2) is 6.06. The van der Waals surface area contributed by atoms with Crippen molar-refractivity contribution in [3.63, 3.8) is 0 Å². The van der Waals surface area contributed by atoms with Crippen LogP contribution in [-0.4, -0.2) is 35.0 Å². The van der Waals surface area contributed by atoms with Gasteiger partial charge in [-0.25, -0.2) is 0 Å². The van der Waals surface area contributed by atoms with E-state index in [0.29, 0.717) is 11.3 Å². The van der Waals surface area contributed by atoms with Crippen LogP contribution in [0.15, 0.2) is 15.9 Å². The first-order valence-electron chi connectivity index (χ1n) is 5.93. The largest absolute Gasteiger partial charge is 0.326 e. The van der Waals surface area contributed by atoms with Crippen molar-refractivity contribution in [2.24, 2.45) is 5.73 Å². The molecule has 17 heavy (non-hydrogen) atoms. The Balaban J connectivity index is 2.17. The van der Waals surface area contributed by atoms with Crippen molar-refractivity contribution in [3.8, 4) is 0 Å². The van der Waals surface area contributed by atoms with Crippen molar-refractivity contribution in [1.82, 2.24) is 4.90 Å². The molecule has 0 amide bonds. The normalized spacial score (nSPS) is 25.8. The van der Waals surface area contributed by atoms with E-state index in [4.69, 9.17) is 5.73 Å².